The molecular formula is C22H33N5O. The number of piperidine rings is 1. The maximum atomic E-state index is 13.1. The lowest BCUT2D eigenvalue weighted by atomic mass is 10.0. The van der Waals surface area contributed by atoms with Gasteiger partial charge < -0.3 is 9.47 Å². The van der Waals surface area contributed by atoms with Crippen LogP contribution in [0, 0.1) is 0 Å². The molecule has 4 heterocycles. The highest BCUT2D eigenvalue weighted by molar-refractivity contribution is 5.82. The van der Waals surface area contributed by atoms with Crippen molar-refractivity contribution in [3.05, 3.63) is 24.2 Å². The van der Waals surface area contributed by atoms with Crippen LogP contribution in [0.1, 0.15) is 63.7 Å². The third-order valence-electron chi connectivity index (χ3n) is 6.44. The molecule has 152 valence electrons. The lowest BCUT2D eigenvalue weighted by Crippen LogP contribution is -2.49. The first-order valence-electron chi connectivity index (χ1n) is 11.0. The lowest BCUT2D eigenvalue weighted by molar-refractivity contribution is -0.138. The average Bonchev–Trinajstić information content (AvgIpc) is 2.94. The number of hydrogen-bond donors (Lipinski definition) is 0. The standard InChI is InChI=1S/C22H33N5O/c1-3-8-20-24-18-9-7-13-23-21(18)27(20)17-11-15-26(16-12-17)22(28)19-10-5-4-6-14-25(19)2/h7,9,13,17,19H,3-6,8,10-12,14-16H2,1-2H3/t19-/m0/s1. The first-order valence-corrected chi connectivity index (χ1v) is 11.0. The van der Waals surface area contributed by atoms with Crippen LogP contribution in [0.2, 0.25) is 0 Å². The molecule has 0 aromatic carbocycles. The SMILES string of the molecule is CCCc1nc2cccnc2n1C1CCN(C(=O)[C@@H]2CCCCCN2C)CC1. The van der Waals surface area contributed by atoms with Gasteiger partial charge in [-0.05, 0) is 57.8 Å². The largest absolute Gasteiger partial charge is 0.341 e. The van der Waals surface area contributed by atoms with Crippen LogP contribution in [-0.2, 0) is 11.2 Å². The van der Waals surface area contributed by atoms with Gasteiger partial charge in [-0.15, -0.1) is 0 Å². The number of aromatic nitrogens is 3. The Morgan fingerprint density at radius 1 is 1.14 bits per heavy atom. The molecule has 2 aromatic heterocycles. The summed E-state index contributed by atoms with van der Waals surface area (Å²) >= 11 is 0. The summed E-state index contributed by atoms with van der Waals surface area (Å²) < 4.78 is 2.36. The van der Waals surface area contributed by atoms with E-state index in [1.165, 1.54) is 19.3 Å². The van der Waals surface area contributed by atoms with Gasteiger partial charge in [-0.1, -0.05) is 19.8 Å². The van der Waals surface area contributed by atoms with Crippen LogP contribution in [0.15, 0.2) is 18.3 Å². The van der Waals surface area contributed by atoms with Gasteiger partial charge in [0.25, 0.3) is 0 Å². The molecule has 1 atom stereocenters. The van der Waals surface area contributed by atoms with E-state index in [9.17, 15) is 4.79 Å². The number of nitrogens with zero attached hydrogens (tertiary/aromatic N) is 5. The van der Waals surface area contributed by atoms with Gasteiger partial charge in [0, 0.05) is 31.7 Å². The minimum Gasteiger partial charge on any atom is -0.341 e. The van der Waals surface area contributed by atoms with Crippen molar-refractivity contribution < 1.29 is 4.79 Å². The first-order chi connectivity index (χ1) is 13.7. The second kappa shape index (κ2) is 8.60. The van der Waals surface area contributed by atoms with E-state index in [0.717, 1.165) is 68.7 Å². The molecule has 2 fully saturated rings. The van der Waals surface area contributed by atoms with Gasteiger partial charge in [-0.25, -0.2) is 9.97 Å². The lowest BCUT2D eigenvalue weighted by Gasteiger charge is -2.37. The van der Waals surface area contributed by atoms with E-state index in [2.05, 4.69) is 39.4 Å². The Bertz CT molecular complexity index is 808. The Balaban J connectivity index is 1.48. The molecular weight excluding hydrogens is 350 g/mol. The number of fused-ring (bicyclic) bond motifs is 1. The quantitative estimate of drug-likeness (QED) is 0.812. The Morgan fingerprint density at radius 2 is 1.96 bits per heavy atom. The Hall–Kier alpha value is -1.95. The highest BCUT2D eigenvalue weighted by atomic mass is 16.2. The first kappa shape index (κ1) is 19.4. The van der Waals surface area contributed by atoms with Crippen molar-refractivity contribution in [2.24, 2.45) is 0 Å². The number of pyridine rings is 1. The van der Waals surface area contributed by atoms with Crippen molar-refractivity contribution >= 4 is 17.1 Å². The van der Waals surface area contributed by atoms with E-state index in [1.54, 1.807) is 0 Å². The summed E-state index contributed by atoms with van der Waals surface area (Å²) in [5.41, 5.74) is 1.99. The van der Waals surface area contributed by atoms with E-state index in [0.29, 0.717) is 11.9 Å². The number of carbonyl (C=O) groups is 1. The summed E-state index contributed by atoms with van der Waals surface area (Å²) in [6.45, 7) is 4.92. The molecule has 2 saturated heterocycles. The molecule has 0 spiro atoms. The maximum absolute atomic E-state index is 13.1. The van der Waals surface area contributed by atoms with Crippen LogP contribution in [-0.4, -0.2) is 63.0 Å². The molecule has 0 unspecified atom stereocenters. The molecule has 2 aliphatic heterocycles. The fourth-order valence-corrected chi connectivity index (χ4v) is 4.88. The molecule has 0 N–H and O–H groups in total. The number of imidazole rings is 1. The number of amides is 1. The summed E-state index contributed by atoms with van der Waals surface area (Å²) in [7, 11) is 2.11. The highest BCUT2D eigenvalue weighted by Crippen LogP contribution is 2.29. The molecule has 2 aliphatic rings. The van der Waals surface area contributed by atoms with Gasteiger partial charge in [0.05, 0.1) is 6.04 Å². The van der Waals surface area contributed by atoms with Crippen LogP contribution < -0.4 is 0 Å². The molecule has 6 heteroatoms. The topological polar surface area (TPSA) is 54.3 Å². The van der Waals surface area contributed by atoms with Crippen LogP contribution in [0.4, 0.5) is 0 Å². The molecule has 0 bridgehead atoms. The summed E-state index contributed by atoms with van der Waals surface area (Å²) in [4.78, 5) is 27.0. The average molecular weight is 384 g/mol. The molecule has 0 saturated carbocycles. The van der Waals surface area contributed by atoms with Crippen LogP contribution in [0.25, 0.3) is 11.2 Å². The predicted molar refractivity (Wildman–Crippen MR) is 111 cm³/mol. The maximum Gasteiger partial charge on any atom is 0.239 e. The summed E-state index contributed by atoms with van der Waals surface area (Å²) in [5, 5.41) is 0. The van der Waals surface area contributed by atoms with E-state index >= 15 is 0 Å². The fourth-order valence-electron chi connectivity index (χ4n) is 4.88. The van der Waals surface area contributed by atoms with Crippen molar-refractivity contribution in [3.8, 4) is 0 Å². The number of likely N-dealkylation sites (N-methyl/N-ethyl adjacent to an activating group) is 1. The minimum absolute atomic E-state index is 0.0745. The van der Waals surface area contributed by atoms with Gasteiger partial charge in [0.2, 0.25) is 5.91 Å². The molecule has 0 aliphatic carbocycles. The third-order valence-corrected chi connectivity index (χ3v) is 6.44. The van der Waals surface area contributed by atoms with Crippen LogP contribution >= 0.6 is 0 Å². The minimum atomic E-state index is 0.0745. The van der Waals surface area contributed by atoms with Crippen molar-refractivity contribution in [1.82, 2.24) is 24.3 Å². The van der Waals surface area contributed by atoms with E-state index in [-0.39, 0.29) is 6.04 Å². The summed E-state index contributed by atoms with van der Waals surface area (Å²) in [6.07, 6.45) is 10.5. The summed E-state index contributed by atoms with van der Waals surface area (Å²) in [5.74, 6) is 1.48. The van der Waals surface area contributed by atoms with Crippen molar-refractivity contribution in [1.29, 1.82) is 0 Å². The van der Waals surface area contributed by atoms with E-state index in [4.69, 9.17) is 4.98 Å². The second-order valence-electron chi connectivity index (χ2n) is 8.40. The van der Waals surface area contributed by atoms with Gasteiger partial charge in [-0.3, -0.25) is 9.69 Å². The molecule has 28 heavy (non-hydrogen) atoms. The van der Waals surface area contributed by atoms with Crippen molar-refractivity contribution in [3.63, 3.8) is 0 Å². The number of carbonyl (C=O) groups excluding carboxylic acids is 1. The van der Waals surface area contributed by atoms with Gasteiger partial charge in [0.15, 0.2) is 5.65 Å². The zero-order valence-corrected chi connectivity index (χ0v) is 17.3. The van der Waals surface area contributed by atoms with E-state index < -0.39 is 0 Å². The number of rotatable bonds is 4. The second-order valence-corrected chi connectivity index (χ2v) is 8.40. The zero-order valence-electron chi connectivity index (χ0n) is 17.3. The Morgan fingerprint density at radius 3 is 2.75 bits per heavy atom. The van der Waals surface area contributed by atoms with Gasteiger partial charge in [0.1, 0.15) is 11.3 Å². The number of aryl methyl sites for hydroxylation is 1. The Labute approximate surface area is 167 Å². The predicted octanol–water partition coefficient (Wildman–Crippen LogP) is 3.42. The molecule has 4 rings (SSSR count). The number of likely N-dealkylation sites (tertiary alicyclic amines) is 2. The third kappa shape index (κ3) is 3.79. The normalized spacial score (nSPS) is 22.5. The molecule has 0 radical (unpaired) electrons. The zero-order chi connectivity index (χ0) is 19.5. The van der Waals surface area contributed by atoms with Crippen LogP contribution in [0.3, 0.4) is 0 Å². The van der Waals surface area contributed by atoms with Crippen molar-refractivity contribution in [2.45, 2.75) is 70.4 Å². The Kier molecular flexibility index (Phi) is 5.95. The van der Waals surface area contributed by atoms with Crippen LogP contribution in [0.5, 0.6) is 0 Å². The number of hydrogen-bond acceptors (Lipinski definition) is 4. The highest BCUT2D eigenvalue weighted by Gasteiger charge is 2.32. The monoisotopic (exact) mass is 383 g/mol. The van der Waals surface area contributed by atoms with Crippen molar-refractivity contribution in [2.75, 3.05) is 26.7 Å². The fraction of sp³-hybridized carbons (Fsp3) is 0.682. The molecule has 6 nitrogen and oxygen atoms in total. The van der Waals surface area contributed by atoms with Gasteiger partial charge in [-0.2, -0.15) is 0 Å². The summed E-state index contributed by atoms with van der Waals surface area (Å²) in [6, 6.07) is 4.47. The van der Waals surface area contributed by atoms with E-state index in [1.807, 2.05) is 12.3 Å². The molecule has 2 aromatic rings. The van der Waals surface area contributed by atoms with Gasteiger partial charge >= 0.3 is 0 Å². The smallest absolute Gasteiger partial charge is 0.239 e. The molecule has 1 amide bonds.